The number of H-pyrrole nitrogens is 1. The quantitative estimate of drug-likeness (QED) is 0.652. The van der Waals surface area contributed by atoms with E-state index in [1.807, 2.05) is 0 Å². The van der Waals surface area contributed by atoms with Crippen molar-refractivity contribution in [3.05, 3.63) is 64.2 Å². The number of nitrogens with one attached hydrogen (secondary N) is 2. The number of benzene rings is 1. The van der Waals surface area contributed by atoms with Gasteiger partial charge in [-0.1, -0.05) is 0 Å². The van der Waals surface area contributed by atoms with Gasteiger partial charge in [0.05, 0.1) is 17.9 Å². The average Bonchev–Trinajstić information content (AvgIpc) is 3.37. The minimum Gasteiger partial charge on any atom is -0.349 e. The molecule has 2 heterocycles. The van der Waals surface area contributed by atoms with E-state index in [1.54, 1.807) is 6.20 Å². The van der Waals surface area contributed by atoms with Gasteiger partial charge in [-0.05, 0) is 62.6 Å². The van der Waals surface area contributed by atoms with Crippen LogP contribution in [0.25, 0.3) is 5.69 Å². The zero-order valence-corrected chi connectivity index (χ0v) is 17.3. The molecule has 31 heavy (non-hydrogen) atoms. The summed E-state index contributed by atoms with van der Waals surface area (Å²) < 4.78 is 29.1. The maximum absolute atomic E-state index is 14.3. The summed E-state index contributed by atoms with van der Waals surface area (Å²) in [5.41, 5.74) is 5.51. The third-order valence-electron chi connectivity index (χ3n) is 6.39. The van der Waals surface area contributed by atoms with E-state index in [0.29, 0.717) is 12.8 Å². The van der Waals surface area contributed by atoms with E-state index in [4.69, 9.17) is 0 Å². The lowest BCUT2D eigenvalue weighted by atomic mass is 9.92. The molecule has 1 atom stereocenters. The first-order valence-electron chi connectivity index (χ1n) is 11.0. The van der Waals surface area contributed by atoms with Gasteiger partial charge in [-0.25, -0.2) is 13.5 Å². The molecular weight excluding hydrogens is 400 g/mol. The molecule has 0 aliphatic heterocycles. The van der Waals surface area contributed by atoms with E-state index in [9.17, 15) is 13.6 Å². The molecular formula is C23H25F2N5O. The number of aromatic nitrogens is 4. The second-order valence-corrected chi connectivity index (χ2v) is 8.40. The van der Waals surface area contributed by atoms with Crippen LogP contribution < -0.4 is 5.32 Å². The Balaban J connectivity index is 1.28. The van der Waals surface area contributed by atoms with Crippen LogP contribution in [0.4, 0.5) is 8.78 Å². The van der Waals surface area contributed by atoms with Crippen LogP contribution in [0.5, 0.6) is 0 Å². The number of rotatable bonds is 5. The molecule has 6 nitrogen and oxygen atoms in total. The third kappa shape index (κ3) is 3.86. The van der Waals surface area contributed by atoms with Crippen molar-refractivity contribution in [1.29, 1.82) is 0 Å². The van der Waals surface area contributed by atoms with Crippen LogP contribution in [0.1, 0.15) is 66.4 Å². The molecule has 1 amide bonds. The predicted octanol–water partition coefficient (Wildman–Crippen LogP) is 3.88. The van der Waals surface area contributed by atoms with Crippen molar-refractivity contribution in [2.45, 2.75) is 63.8 Å². The normalized spacial score (nSPS) is 17.8. The molecule has 0 unspecified atom stereocenters. The van der Waals surface area contributed by atoms with E-state index in [-0.39, 0.29) is 17.6 Å². The van der Waals surface area contributed by atoms with Crippen molar-refractivity contribution in [2.24, 2.45) is 0 Å². The van der Waals surface area contributed by atoms with Crippen molar-refractivity contribution >= 4 is 5.91 Å². The lowest BCUT2D eigenvalue weighted by Gasteiger charge is -2.24. The van der Waals surface area contributed by atoms with Gasteiger partial charge in [0.1, 0.15) is 11.5 Å². The zero-order chi connectivity index (χ0) is 21.4. The van der Waals surface area contributed by atoms with Crippen molar-refractivity contribution in [3.8, 4) is 5.69 Å². The molecule has 0 saturated carbocycles. The van der Waals surface area contributed by atoms with E-state index >= 15 is 0 Å². The molecule has 2 aliphatic carbocycles. The largest absolute Gasteiger partial charge is 0.349 e. The average molecular weight is 425 g/mol. The summed E-state index contributed by atoms with van der Waals surface area (Å²) in [6.07, 6.45) is 9.54. The van der Waals surface area contributed by atoms with Gasteiger partial charge in [-0.2, -0.15) is 10.2 Å². The number of amides is 1. The molecule has 3 aromatic rings. The standard InChI is InChI=1S/C23H25F2N5O/c24-14-8-10-22(17(25)12-14)30-21-7-3-6-18(16(21)13-26-30)27-23(31)11-9-20-15-4-1-2-5-19(15)28-29-20/h8,10,12-13,18H,1-7,9,11H2,(H,27,31)(H,28,29)/t18-/m0/s1. The summed E-state index contributed by atoms with van der Waals surface area (Å²) in [4.78, 5) is 12.7. The van der Waals surface area contributed by atoms with E-state index in [0.717, 1.165) is 55.1 Å². The van der Waals surface area contributed by atoms with Gasteiger partial charge in [-0.3, -0.25) is 9.89 Å². The first-order valence-corrected chi connectivity index (χ1v) is 11.0. The Morgan fingerprint density at radius 3 is 2.94 bits per heavy atom. The van der Waals surface area contributed by atoms with E-state index < -0.39 is 11.6 Å². The lowest BCUT2D eigenvalue weighted by molar-refractivity contribution is -0.121. The van der Waals surface area contributed by atoms with Crippen molar-refractivity contribution < 1.29 is 13.6 Å². The second kappa shape index (κ2) is 8.24. The summed E-state index contributed by atoms with van der Waals surface area (Å²) in [6.45, 7) is 0. The first-order chi connectivity index (χ1) is 15.1. The SMILES string of the molecule is O=C(CCc1n[nH]c2c1CCCC2)N[C@H]1CCCc2c1cnn2-c1ccc(F)cc1F. The molecule has 2 aromatic heterocycles. The number of fused-ring (bicyclic) bond motifs is 2. The molecule has 1 aromatic carbocycles. The van der Waals surface area contributed by atoms with E-state index in [2.05, 4.69) is 20.6 Å². The smallest absolute Gasteiger partial charge is 0.220 e. The van der Waals surface area contributed by atoms with Crippen LogP contribution in [0.2, 0.25) is 0 Å². The van der Waals surface area contributed by atoms with Crippen LogP contribution in [0.15, 0.2) is 24.4 Å². The van der Waals surface area contributed by atoms with Gasteiger partial charge >= 0.3 is 0 Å². The molecule has 0 bridgehead atoms. The topological polar surface area (TPSA) is 75.6 Å². The zero-order valence-electron chi connectivity index (χ0n) is 17.3. The van der Waals surface area contributed by atoms with Crippen LogP contribution in [-0.4, -0.2) is 25.9 Å². The minimum atomic E-state index is -0.653. The Morgan fingerprint density at radius 2 is 2.06 bits per heavy atom. The maximum Gasteiger partial charge on any atom is 0.220 e. The molecule has 0 fully saturated rings. The van der Waals surface area contributed by atoms with Crippen molar-refractivity contribution in [3.63, 3.8) is 0 Å². The van der Waals surface area contributed by atoms with Crippen molar-refractivity contribution in [1.82, 2.24) is 25.3 Å². The highest BCUT2D eigenvalue weighted by molar-refractivity contribution is 5.76. The predicted molar refractivity (Wildman–Crippen MR) is 111 cm³/mol. The fourth-order valence-corrected chi connectivity index (χ4v) is 4.82. The van der Waals surface area contributed by atoms with Gasteiger partial charge in [0.25, 0.3) is 0 Å². The minimum absolute atomic E-state index is 0.0221. The Hall–Kier alpha value is -3.03. The number of aryl methyl sites for hydroxylation is 2. The highest BCUT2D eigenvalue weighted by Gasteiger charge is 2.27. The van der Waals surface area contributed by atoms with Gasteiger partial charge < -0.3 is 5.32 Å². The lowest BCUT2D eigenvalue weighted by Crippen LogP contribution is -2.31. The second-order valence-electron chi connectivity index (χ2n) is 8.40. The highest BCUT2D eigenvalue weighted by Crippen LogP contribution is 2.32. The van der Waals surface area contributed by atoms with Crippen LogP contribution >= 0.6 is 0 Å². The number of nitrogens with zero attached hydrogens (tertiary/aromatic N) is 3. The fourth-order valence-electron chi connectivity index (χ4n) is 4.82. The van der Waals surface area contributed by atoms with E-state index in [1.165, 1.54) is 40.9 Å². The molecule has 0 saturated heterocycles. The van der Waals surface area contributed by atoms with Crippen LogP contribution in [0.3, 0.4) is 0 Å². The summed E-state index contributed by atoms with van der Waals surface area (Å²) in [6, 6.07) is 3.33. The number of hydrogen-bond acceptors (Lipinski definition) is 3. The van der Waals surface area contributed by atoms with Crippen LogP contribution in [0, 0.1) is 11.6 Å². The number of carbonyl (C=O) groups is 1. The summed E-state index contributed by atoms with van der Waals surface area (Å²) in [7, 11) is 0. The van der Waals surface area contributed by atoms with Gasteiger partial charge in [0.2, 0.25) is 5.91 Å². The molecule has 2 aliphatic rings. The molecule has 0 radical (unpaired) electrons. The van der Waals surface area contributed by atoms with Crippen LogP contribution in [-0.2, 0) is 30.5 Å². The van der Waals surface area contributed by atoms with Crippen molar-refractivity contribution in [2.75, 3.05) is 0 Å². The summed E-state index contributed by atoms with van der Waals surface area (Å²) in [5.74, 6) is -1.30. The first kappa shape index (κ1) is 19.9. The Kier molecular flexibility index (Phi) is 5.29. The number of aromatic amines is 1. The molecule has 2 N–H and O–H groups in total. The Bertz CT molecular complexity index is 1120. The highest BCUT2D eigenvalue weighted by atomic mass is 19.1. The van der Waals surface area contributed by atoms with Gasteiger partial charge in [-0.15, -0.1) is 0 Å². The Labute approximate surface area is 179 Å². The third-order valence-corrected chi connectivity index (χ3v) is 6.39. The maximum atomic E-state index is 14.3. The molecule has 8 heteroatoms. The molecule has 0 spiro atoms. The summed E-state index contributed by atoms with van der Waals surface area (Å²) >= 11 is 0. The number of carbonyl (C=O) groups excluding carboxylic acids is 1. The monoisotopic (exact) mass is 425 g/mol. The van der Waals surface area contributed by atoms with Gasteiger partial charge in [0, 0.05) is 35.9 Å². The molecule has 162 valence electrons. The van der Waals surface area contributed by atoms with Gasteiger partial charge in [0.15, 0.2) is 5.82 Å². The molecule has 5 rings (SSSR count). The Morgan fingerprint density at radius 1 is 1.19 bits per heavy atom. The number of hydrogen-bond donors (Lipinski definition) is 2. The fraction of sp³-hybridized carbons (Fsp3) is 0.435. The summed E-state index contributed by atoms with van der Waals surface area (Å²) in [5, 5.41) is 15.0. The number of halogens is 2.